The van der Waals surface area contributed by atoms with Gasteiger partial charge in [0.05, 0.1) is 28.7 Å². The molecule has 2 aromatic carbocycles. The molecule has 3 aromatic rings. The number of hydrogen-bond acceptors (Lipinski definition) is 4. The highest BCUT2D eigenvalue weighted by Gasteiger charge is 2.17. The fraction of sp³-hybridized carbons (Fsp3) is 0.176. The average Bonchev–Trinajstić information content (AvgIpc) is 2.58. The SMILES string of the molecule is CN(C)S(=O)(=O)c1cccc(Cn2cnc3ccc(Cl)cc3c2=O)c1. The van der Waals surface area contributed by atoms with Crippen LogP contribution in [0.1, 0.15) is 5.56 Å². The average molecular weight is 378 g/mol. The van der Waals surface area contributed by atoms with Crippen molar-refractivity contribution in [3.63, 3.8) is 0 Å². The van der Waals surface area contributed by atoms with Gasteiger partial charge in [-0.1, -0.05) is 23.7 Å². The molecule has 6 nitrogen and oxygen atoms in total. The van der Waals surface area contributed by atoms with Crippen molar-refractivity contribution in [2.75, 3.05) is 14.1 Å². The van der Waals surface area contributed by atoms with Crippen molar-refractivity contribution in [2.45, 2.75) is 11.4 Å². The maximum Gasteiger partial charge on any atom is 0.261 e. The van der Waals surface area contributed by atoms with E-state index >= 15 is 0 Å². The molecule has 1 heterocycles. The summed E-state index contributed by atoms with van der Waals surface area (Å²) in [5, 5.41) is 0.885. The first-order valence-electron chi connectivity index (χ1n) is 7.45. The summed E-state index contributed by atoms with van der Waals surface area (Å²) in [6, 6.07) is 11.5. The van der Waals surface area contributed by atoms with Crippen LogP contribution in [0.5, 0.6) is 0 Å². The first kappa shape index (κ1) is 17.6. The van der Waals surface area contributed by atoms with E-state index in [1.807, 2.05) is 0 Å². The van der Waals surface area contributed by atoms with E-state index in [2.05, 4.69) is 4.98 Å². The summed E-state index contributed by atoms with van der Waals surface area (Å²) in [6.07, 6.45) is 1.45. The molecule has 25 heavy (non-hydrogen) atoms. The van der Waals surface area contributed by atoms with Crippen LogP contribution < -0.4 is 5.56 Å². The zero-order chi connectivity index (χ0) is 18.2. The predicted octanol–water partition coefficient (Wildman–Crippen LogP) is 2.35. The van der Waals surface area contributed by atoms with Crippen LogP contribution in [0.2, 0.25) is 5.02 Å². The Morgan fingerprint density at radius 2 is 1.92 bits per heavy atom. The lowest BCUT2D eigenvalue weighted by Crippen LogP contribution is -2.23. The maximum atomic E-state index is 12.6. The first-order chi connectivity index (χ1) is 11.8. The van der Waals surface area contributed by atoms with Crippen LogP contribution in [-0.4, -0.2) is 36.4 Å². The second-order valence-corrected chi connectivity index (χ2v) is 8.36. The zero-order valence-corrected chi connectivity index (χ0v) is 15.3. The van der Waals surface area contributed by atoms with Gasteiger partial charge in [-0.3, -0.25) is 9.36 Å². The summed E-state index contributed by atoms with van der Waals surface area (Å²) in [4.78, 5) is 17.0. The second kappa shape index (κ2) is 6.59. The number of benzene rings is 2. The highest BCUT2D eigenvalue weighted by molar-refractivity contribution is 7.89. The summed E-state index contributed by atoms with van der Waals surface area (Å²) in [5.74, 6) is 0. The standard InChI is InChI=1S/C17H16ClN3O3S/c1-20(2)25(23,24)14-5-3-4-12(8-14)10-21-11-19-16-7-6-13(18)9-15(16)17(21)22/h3-9,11H,10H2,1-2H3. The van der Waals surface area contributed by atoms with Gasteiger partial charge in [0.15, 0.2) is 0 Å². The Balaban J connectivity index is 2.03. The van der Waals surface area contributed by atoms with Crippen LogP contribution in [0.25, 0.3) is 10.9 Å². The fourth-order valence-electron chi connectivity index (χ4n) is 2.46. The molecule has 8 heteroatoms. The number of hydrogen-bond donors (Lipinski definition) is 0. The Bertz CT molecular complexity index is 1110. The normalized spacial score (nSPS) is 12.0. The first-order valence-corrected chi connectivity index (χ1v) is 9.27. The number of rotatable bonds is 4. The molecule has 0 unspecified atom stereocenters. The minimum atomic E-state index is -3.53. The van der Waals surface area contributed by atoms with E-state index < -0.39 is 10.0 Å². The molecule has 1 aromatic heterocycles. The number of fused-ring (bicyclic) bond motifs is 1. The molecule has 0 aliphatic carbocycles. The predicted molar refractivity (Wildman–Crippen MR) is 97.4 cm³/mol. The maximum absolute atomic E-state index is 12.6. The topological polar surface area (TPSA) is 72.3 Å². The molecule has 0 N–H and O–H groups in total. The van der Waals surface area contributed by atoms with Crippen LogP contribution in [0.3, 0.4) is 0 Å². The summed E-state index contributed by atoms with van der Waals surface area (Å²) in [6.45, 7) is 0.213. The van der Waals surface area contributed by atoms with E-state index in [9.17, 15) is 13.2 Å². The molecule has 0 spiro atoms. The summed E-state index contributed by atoms with van der Waals surface area (Å²) >= 11 is 5.96. The quantitative estimate of drug-likeness (QED) is 0.699. The summed E-state index contributed by atoms with van der Waals surface area (Å²) in [7, 11) is -0.578. The van der Waals surface area contributed by atoms with Crippen LogP contribution >= 0.6 is 11.6 Å². The van der Waals surface area contributed by atoms with E-state index in [4.69, 9.17) is 11.6 Å². The highest BCUT2D eigenvalue weighted by Crippen LogP contribution is 2.17. The number of sulfonamides is 1. The van der Waals surface area contributed by atoms with Crippen molar-refractivity contribution >= 4 is 32.5 Å². The molecule has 3 rings (SSSR count). The molecule has 0 radical (unpaired) electrons. The largest absolute Gasteiger partial charge is 0.294 e. The third-order valence-corrected chi connectivity index (χ3v) is 5.86. The molecule has 0 saturated carbocycles. The number of nitrogens with zero attached hydrogens (tertiary/aromatic N) is 3. The summed E-state index contributed by atoms with van der Waals surface area (Å²) in [5.41, 5.74) is 1.02. The molecule has 0 fully saturated rings. The van der Waals surface area contributed by atoms with Gasteiger partial charge in [0.2, 0.25) is 10.0 Å². The molecule has 0 aliphatic heterocycles. The molecule has 0 saturated heterocycles. The van der Waals surface area contributed by atoms with Crippen LogP contribution in [0.4, 0.5) is 0 Å². The lowest BCUT2D eigenvalue weighted by atomic mass is 10.2. The van der Waals surface area contributed by atoms with Gasteiger partial charge < -0.3 is 0 Å². The van der Waals surface area contributed by atoms with Crippen LogP contribution in [0, 0.1) is 0 Å². The van der Waals surface area contributed by atoms with Crippen molar-refractivity contribution in [1.29, 1.82) is 0 Å². The van der Waals surface area contributed by atoms with Crippen molar-refractivity contribution < 1.29 is 8.42 Å². The van der Waals surface area contributed by atoms with Gasteiger partial charge in [0.25, 0.3) is 5.56 Å². The smallest absolute Gasteiger partial charge is 0.261 e. The minimum Gasteiger partial charge on any atom is -0.294 e. The van der Waals surface area contributed by atoms with Crippen LogP contribution in [0.15, 0.2) is 58.5 Å². The second-order valence-electron chi connectivity index (χ2n) is 5.77. The Morgan fingerprint density at radius 1 is 1.16 bits per heavy atom. The van der Waals surface area contributed by atoms with E-state index in [0.29, 0.717) is 21.5 Å². The van der Waals surface area contributed by atoms with E-state index in [1.54, 1.807) is 36.4 Å². The van der Waals surface area contributed by atoms with E-state index in [1.165, 1.54) is 31.1 Å². The molecule has 0 bridgehead atoms. The van der Waals surface area contributed by atoms with E-state index in [-0.39, 0.29) is 17.0 Å². The van der Waals surface area contributed by atoms with Crippen molar-refractivity contribution in [1.82, 2.24) is 13.9 Å². The Labute approximate surface area is 150 Å². The third kappa shape index (κ3) is 3.44. The minimum absolute atomic E-state index is 0.180. The van der Waals surface area contributed by atoms with Gasteiger partial charge in [0.1, 0.15) is 0 Å². The molecule has 0 aliphatic rings. The van der Waals surface area contributed by atoms with E-state index in [0.717, 1.165) is 4.31 Å². The monoisotopic (exact) mass is 377 g/mol. The lowest BCUT2D eigenvalue weighted by molar-refractivity contribution is 0.520. The Hall–Kier alpha value is -2.22. The molecular weight excluding hydrogens is 362 g/mol. The van der Waals surface area contributed by atoms with Crippen molar-refractivity contribution in [3.05, 3.63) is 69.7 Å². The lowest BCUT2D eigenvalue weighted by Gasteiger charge is -2.13. The van der Waals surface area contributed by atoms with Gasteiger partial charge in [-0.2, -0.15) is 0 Å². The molecular formula is C17H16ClN3O3S. The Kier molecular flexibility index (Phi) is 4.64. The number of aromatic nitrogens is 2. The van der Waals surface area contributed by atoms with Gasteiger partial charge >= 0.3 is 0 Å². The molecule has 0 amide bonds. The van der Waals surface area contributed by atoms with Gasteiger partial charge in [-0.05, 0) is 35.9 Å². The fourth-order valence-corrected chi connectivity index (χ4v) is 3.60. The van der Waals surface area contributed by atoms with Crippen LogP contribution in [-0.2, 0) is 16.6 Å². The van der Waals surface area contributed by atoms with Gasteiger partial charge in [-0.15, -0.1) is 0 Å². The third-order valence-electron chi connectivity index (χ3n) is 3.82. The summed E-state index contributed by atoms with van der Waals surface area (Å²) < 4.78 is 27.1. The van der Waals surface area contributed by atoms with Gasteiger partial charge in [0, 0.05) is 19.1 Å². The number of halogens is 1. The van der Waals surface area contributed by atoms with Crippen molar-refractivity contribution in [2.24, 2.45) is 0 Å². The van der Waals surface area contributed by atoms with Gasteiger partial charge in [-0.25, -0.2) is 17.7 Å². The Morgan fingerprint density at radius 3 is 2.64 bits per heavy atom. The highest BCUT2D eigenvalue weighted by atomic mass is 35.5. The molecule has 0 atom stereocenters. The zero-order valence-electron chi connectivity index (χ0n) is 13.7. The molecule has 130 valence electrons. The van der Waals surface area contributed by atoms with Crippen molar-refractivity contribution in [3.8, 4) is 0 Å².